The number of hydrogen-bond donors (Lipinski definition) is 1. The summed E-state index contributed by atoms with van der Waals surface area (Å²) < 4.78 is 0. The minimum Gasteiger partial charge on any atom is -0.358 e. The Kier molecular flexibility index (Phi) is 5.84. The van der Waals surface area contributed by atoms with Crippen molar-refractivity contribution in [2.24, 2.45) is 4.99 Å². The first-order valence-electron chi connectivity index (χ1n) is 7.29. The molecule has 1 N–H and O–H groups in total. The zero-order valence-corrected chi connectivity index (χ0v) is 14.4. The van der Waals surface area contributed by atoms with Gasteiger partial charge in [0.05, 0.1) is 11.4 Å². The minimum absolute atomic E-state index is 0.987. The van der Waals surface area contributed by atoms with E-state index in [4.69, 9.17) is 0 Å². The second kappa shape index (κ2) is 7.85. The van der Waals surface area contributed by atoms with Crippen LogP contribution in [0.3, 0.4) is 0 Å². The normalized spacial score (nSPS) is 12.4. The van der Waals surface area contributed by atoms with Gasteiger partial charge in [-0.15, -0.1) is 11.8 Å². The molecule has 0 atom stereocenters. The lowest BCUT2D eigenvalue weighted by Gasteiger charge is -2.10. The van der Waals surface area contributed by atoms with Crippen molar-refractivity contribution in [3.05, 3.63) is 65.9 Å². The van der Waals surface area contributed by atoms with Gasteiger partial charge < -0.3 is 5.32 Å². The molecular weight excluding hydrogens is 288 g/mol. The number of rotatable bonds is 5. The SMILES string of the molecule is CSc1ccccc1NC(C)=CC(C)=Nc1ccccc1C. The van der Waals surface area contributed by atoms with Gasteiger partial charge in [-0.2, -0.15) is 0 Å². The highest BCUT2D eigenvalue weighted by atomic mass is 32.2. The van der Waals surface area contributed by atoms with E-state index >= 15 is 0 Å². The Bertz CT molecular complexity index is 702. The second-order valence-electron chi connectivity index (χ2n) is 5.19. The summed E-state index contributed by atoms with van der Waals surface area (Å²) >= 11 is 1.74. The Morgan fingerprint density at radius 1 is 1.05 bits per heavy atom. The van der Waals surface area contributed by atoms with Crippen LogP contribution in [0.15, 0.2) is 70.2 Å². The number of nitrogens with zero attached hydrogens (tertiary/aromatic N) is 1. The van der Waals surface area contributed by atoms with Gasteiger partial charge in [0, 0.05) is 16.3 Å². The fraction of sp³-hybridized carbons (Fsp3) is 0.211. The molecule has 0 heterocycles. The zero-order chi connectivity index (χ0) is 15.9. The van der Waals surface area contributed by atoms with Gasteiger partial charge in [0.15, 0.2) is 0 Å². The molecule has 0 amide bonds. The third-order valence-corrected chi connectivity index (χ3v) is 4.07. The molecule has 0 fully saturated rings. The Hall–Kier alpha value is -2.00. The van der Waals surface area contributed by atoms with Crippen molar-refractivity contribution in [1.82, 2.24) is 0 Å². The first-order chi connectivity index (χ1) is 10.6. The van der Waals surface area contributed by atoms with E-state index < -0.39 is 0 Å². The van der Waals surface area contributed by atoms with E-state index in [1.165, 1.54) is 10.5 Å². The molecule has 2 rings (SSSR count). The van der Waals surface area contributed by atoms with Crippen LogP contribution in [0.2, 0.25) is 0 Å². The van der Waals surface area contributed by atoms with E-state index in [0.29, 0.717) is 0 Å². The van der Waals surface area contributed by atoms with Gasteiger partial charge in [0.1, 0.15) is 0 Å². The molecular formula is C19H22N2S. The number of hydrogen-bond acceptors (Lipinski definition) is 3. The number of benzene rings is 2. The topological polar surface area (TPSA) is 24.4 Å². The molecule has 0 aromatic heterocycles. The van der Waals surface area contributed by atoms with Gasteiger partial charge in [-0.1, -0.05) is 30.3 Å². The predicted octanol–water partition coefficient (Wildman–Crippen LogP) is 5.83. The molecule has 0 saturated carbocycles. The highest BCUT2D eigenvalue weighted by Crippen LogP contribution is 2.25. The highest BCUT2D eigenvalue weighted by Gasteiger charge is 2.01. The van der Waals surface area contributed by atoms with Gasteiger partial charge in [0.2, 0.25) is 0 Å². The number of allylic oxidation sites excluding steroid dienone is 2. The Morgan fingerprint density at radius 3 is 2.45 bits per heavy atom. The highest BCUT2D eigenvalue weighted by molar-refractivity contribution is 7.98. The fourth-order valence-corrected chi connectivity index (χ4v) is 2.77. The zero-order valence-electron chi connectivity index (χ0n) is 13.6. The van der Waals surface area contributed by atoms with Gasteiger partial charge in [0.25, 0.3) is 0 Å². The molecule has 2 aromatic rings. The maximum Gasteiger partial charge on any atom is 0.0661 e. The van der Waals surface area contributed by atoms with Crippen LogP contribution in [0.25, 0.3) is 0 Å². The quantitative estimate of drug-likeness (QED) is 0.555. The number of anilines is 1. The van der Waals surface area contributed by atoms with Gasteiger partial charge in [-0.05, 0) is 56.9 Å². The maximum atomic E-state index is 4.68. The monoisotopic (exact) mass is 310 g/mol. The van der Waals surface area contributed by atoms with Crippen LogP contribution < -0.4 is 5.32 Å². The number of nitrogens with one attached hydrogen (secondary N) is 1. The van der Waals surface area contributed by atoms with Gasteiger partial charge >= 0.3 is 0 Å². The van der Waals surface area contributed by atoms with Crippen molar-refractivity contribution in [3.63, 3.8) is 0 Å². The van der Waals surface area contributed by atoms with Crippen molar-refractivity contribution in [2.75, 3.05) is 11.6 Å². The lowest BCUT2D eigenvalue weighted by molar-refractivity contribution is 1.32. The van der Waals surface area contributed by atoms with Crippen LogP contribution >= 0.6 is 11.8 Å². The van der Waals surface area contributed by atoms with E-state index in [0.717, 1.165) is 22.8 Å². The first kappa shape index (κ1) is 16.4. The van der Waals surface area contributed by atoms with Crippen molar-refractivity contribution in [1.29, 1.82) is 0 Å². The van der Waals surface area contributed by atoms with Gasteiger partial charge in [-0.25, -0.2) is 0 Å². The summed E-state index contributed by atoms with van der Waals surface area (Å²) in [5.74, 6) is 0. The fourth-order valence-electron chi connectivity index (χ4n) is 2.22. The molecule has 2 aromatic carbocycles. The third kappa shape index (κ3) is 4.50. The van der Waals surface area contributed by atoms with E-state index in [2.05, 4.69) is 60.8 Å². The summed E-state index contributed by atoms with van der Waals surface area (Å²) in [5.41, 5.74) is 5.41. The summed E-state index contributed by atoms with van der Waals surface area (Å²) in [6.45, 7) is 6.17. The molecule has 0 radical (unpaired) electrons. The first-order valence-corrected chi connectivity index (χ1v) is 8.52. The molecule has 3 heteroatoms. The predicted molar refractivity (Wildman–Crippen MR) is 99.6 cm³/mol. The summed E-state index contributed by atoms with van der Waals surface area (Å²) in [7, 11) is 0. The molecule has 22 heavy (non-hydrogen) atoms. The average Bonchev–Trinajstić information content (AvgIpc) is 2.50. The molecule has 114 valence electrons. The van der Waals surface area contributed by atoms with Crippen LogP contribution in [0.5, 0.6) is 0 Å². The van der Waals surface area contributed by atoms with E-state index in [1.807, 2.05) is 31.2 Å². The number of thioether (sulfide) groups is 1. The Labute approximate surface area is 137 Å². The van der Waals surface area contributed by atoms with Crippen LogP contribution in [0.4, 0.5) is 11.4 Å². The molecule has 0 saturated heterocycles. The Balaban J connectivity index is 2.16. The molecule has 0 bridgehead atoms. The average molecular weight is 310 g/mol. The lowest BCUT2D eigenvalue weighted by atomic mass is 10.2. The van der Waals surface area contributed by atoms with Crippen LogP contribution in [0.1, 0.15) is 19.4 Å². The van der Waals surface area contributed by atoms with Gasteiger partial charge in [-0.3, -0.25) is 4.99 Å². The minimum atomic E-state index is 0.987. The maximum absolute atomic E-state index is 4.68. The summed E-state index contributed by atoms with van der Waals surface area (Å²) in [4.78, 5) is 5.92. The molecule has 0 aliphatic heterocycles. The second-order valence-corrected chi connectivity index (χ2v) is 6.04. The van der Waals surface area contributed by atoms with E-state index in [1.54, 1.807) is 11.8 Å². The van der Waals surface area contributed by atoms with Crippen molar-refractivity contribution in [2.45, 2.75) is 25.7 Å². The summed E-state index contributed by atoms with van der Waals surface area (Å²) in [5, 5.41) is 3.45. The molecule has 0 unspecified atom stereocenters. The molecule has 0 aliphatic carbocycles. The van der Waals surface area contributed by atoms with Crippen molar-refractivity contribution >= 4 is 28.8 Å². The Morgan fingerprint density at radius 2 is 1.73 bits per heavy atom. The van der Waals surface area contributed by atoms with Crippen LogP contribution in [-0.4, -0.2) is 12.0 Å². The third-order valence-electron chi connectivity index (χ3n) is 3.28. The largest absolute Gasteiger partial charge is 0.358 e. The summed E-state index contributed by atoms with van der Waals surface area (Å²) in [6.07, 6.45) is 4.16. The van der Waals surface area contributed by atoms with Crippen molar-refractivity contribution in [3.8, 4) is 0 Å². The standard InChI is InChI=1S/C19H22N2S/c1-14-9-5-6-10-17(14)20-15(2)13-16(3)21-18-11-7-8-12-19(18)22-4/h5-13,21H,1-4H3. The molecule has 0 aliphatic rings. The molecule has 0 spiro atoms. The summed E-state index contributed by atoms with van der Waals surface area (Å²) in [6, 6.07) is 16.5. The van der Waals surface area contributed by atoms with E-state index in [9.17, 15) is 0 Å². The number of aryl methyl sites for hydroxylation is 1. The van der Waals surface area contributed by atoms with E-state index in [-0.39, 0.29) is 0 Å². The lowest BCUT2D eigenvalue weighted by Crippen LogP contribution is -1.99. The molecule has 2 nitrogen and oxygen atoms in total. The van der Waals surface area contributed by atoms with Crippen LogP contribution in [-0.2, 0) is 0 Å². The van der Waals surface area contributed by atoms with Crippen LogP contribution in [0, 0.1) is 6.92 Å². The smallest absolute Gasteiger partial charge is 0.0661 e. The number of para-hydroxylation sites is 2. The number of aliphatic imine (C=N–C) groups is 1. The van der Waals surface area contributed by atoms with Crippen molar-refractivity contribution < 1.29 is 0 Å².